The van der Waals surface area contributed by atoms with Crippen molar-refractivity contribution in [1.82, 2.24) is 4.90 Å². The largest absolute Gasteiger partial charge is 0.507 e. The zero-order valence-corrected chi connectivity index (χ0v) is 17.0. The van der Waals surface area contributed by atoms with E-state index in [1.165, 1.54) is 19.1 Å². The Balaban J connectivity index is 2.21. The molecule has 1 aliphatic heterocycles. The van der Waals surface area contributed by atoms with Gasteiger partial charge in [-0.05, 0) is 23.6 Å². The summed E-state index contributed by atoms with van der Waals surface area (Å²) in [4.78, 5) is 27.2. The molecule has 1 heterocycles. The van der Waals surface area contributed by atoms with Crippen molar-refractivity contribution in [3.63, 3.8) is 0 Å². The first-order valence-corrected chi connectivity index (χ1v) is 9.44. The van der Waals surface area contributed by atoms with Crippen molar-refractivity contribution in [3.05, 3.63) is 65.2 Å². The molecule has 2 aromatic carbocycles. The molecule has 1 fully saturated rings. The Morgan fingerprint density at radius 2 is 1.69 bits per heavy atom. The number of ether oxygens (including phenoxy) is 2. The molecule has 152 valence electrons. The Morgan fingerprint density at radius 1 is 1.03 bits per heavy atom. The van der Waals surface area contributed by atoms with Crippen molar-refractivity contribution >= 4 is 17.4 Å². The summed E-state index contributed by atoms with van der Waals surface area (Å²) in [7, 11) is 3.06. The average Bonchev–Trinajstić information content (AvgIpc) is 2.97. The topological polar surface area (TPSA) is 76.1 Å². The predicted octanol–water partition coefficient (Wildman–Crippen LogP) is 3.78. The third-order valence-corrected chi connectivity index (χ3v) is 4.87. The van der Waals surface area contributed by atoms with Gasteiger partial charge in [-0.3, -0.25) is 9.59 Å². The van der Waals surface area contributed by atoms with Crippen LogP contribution in [0.1, 0.15) is 31.0 Å². The normalized spacial score (nSPS) is 18.4. The van der Waals surface area contributed by atoms with Crippen LogP contribution < -0.4 is 9.47 Å². The molecule has 3 rings (SSSR count). The van der Waals surface area contributed by atoms with Crippen molar-refractivity contribution in [2.75, 3.05) is 20.8 Å². The third kappa shape index (κ3) is 3.83. The molecule has 1 atom stereocenters. The van der Waals surface area contributed by atoms with E-state index >= 15 is 0 Å². The third-order valence-electron chi connectivity index (χ3n) is 4.87. The number of nitrogens with zero attached hydrogens (tertiary/aromatic N) is 1. The molecule has 0 aromatic heterocycles. The van der Waals surface area contributed by atoms with E-state index < -0.39 is 17.7 Å². The van der Waals surface area contributed by atoms with Crippen LogP contribution in [0.25, 0.3) is 5.76 Å². The summed E-state index contributed by atoms with van der Waals surface area (Å²) < 4.78 is 10.7. The first-order valence-electron chi connectivity index (χ1n) is 9.44. The maximum atomic E-state index is 12.9. The molecule has 29 heavy (non-hydrogen) atoms. The lowest BCUT2D eigenvalue weighted by Crippen LogP contribution is -2.33. The number of aliphatic hydroxyl groups is 1. The van der Waals surface area contributed by atoms with Gasteiger partial charge in [-0.1, -0.05) is 50.2 Å². The van der Waals surface area contributed by atoms with E-state index in [1.807, 2.05) is 19.9 Å². The van der Waals surface area contributed by atoms with Gasteiger partial charge < -0.3 is 19.5 Å². The molecule has 1 aliphatic rings. The molecule has 1 N–H and O–H groups in total. The predicted molar refractivity (Wildman–Crippen MR) is 110 cm³/mol. The molecule has 0 spiro atoms. The maximum Gasteiger partial charge on any atom is 0.295 e. The highest BCUT2D eigenvalue weighted by molar-refractivity contribution is 6.46. The lowest BCUT2D eigenvalue weighted by molar-refractivity contribution is -0.140. The summed E-state index contributed by atoms with van der Waals surface area (Å²) in [6, 6.07) is 13.3. The maximum absolute atomic E-state index is 12.9. The van der Waals surface area contributed by atoms with E-state index in [4.69, 9.17) is 9.47 Å². The Hall–Kier alpha value is -3.28. The number of hydrogen-bond acceptors (Lipinski definition) is 5. The zero-order valence-electron chi connectivity index (χ0n) is 17.0. The molecule has 6 nitrogen and oxygen atoms in total. The van der Waals surface area contributed by atoms with Gasteiger partial charge in [0.1, 0.15) is 5.76 Å². The molecular formula is C23H25NO5. The number of carbonyl (C=O) groups is 2. The monoisotopic (exact) mass is 395 g/mol. The summed E-state index contributed by atoms with van der Waals surface area (Å²) in [5, 5.41) is 10.9. The van der Waals surface area contributed by atoms with Crippen molar-refractivity contribution in [3.8, 4) is 11.5 Å². The Labute approximate surface area is 170 Å². The number of Topliss-reactive ketones (excluding diaryl/α,β-unsaturated/α-hetero) is 1. The molecule has 1 saturated heterocycles. The van der Waals surface area contributed by atoms with E-state index in [1.54, 1.807) is 42.5 Å². The molecule has 0 saturated carbocycles. The van der Waals surface area contributed by atoms with Gasteiger partial charge in [-0.25, -0.2) is 0 Å². The minimum atomic E-state index is -0.711. The van der Waals surface area contributed by atoms with Gasteiger partial charge in [0.25, 0.3) is 11.7 Å². The molecule has 0 unspecified atom stereocenters. The number of likely N-dealkylation sites (tertiary alicyclic amines) is 1. The van der Waals surface area contributed by atoms with E-state index in [0.717, 1.165) is 0 Å². The second-order valence-electron chi connectivity index (χ2n) is 7.33. The highest BCUT2D eigenvalue weighted by Crippen LogP contribution is 2.42. The fraction of sp³-hybridized carbons (Fsp3) is 0.304. The van der Waals surface area contributed by atoms with Gasteiger partial charge >= 0.3 is 0 Å². The van der Waals surface area contributed by atoms with E-state index in [2.05, 4.69) is 0 Å². The van der Waals surface area contributed by atoms with E-state index in [9.17, 15) is 14.7 Å². The Morgan fingerprint density at radius 3 is 2.28 bits per heavy atom. The van der Waals surface area contributed by atoms with Gasteiger partial charge in [0, 0.05) is 12.1 Å². The van der Waals surface area contributed by atoms with Crippen LogP contribution in [0.2, 0.25) is 0 Å². The molecule has 0 radical (unpaired) electrons. The average molecular weight is 395 g/mol. The summed E-state index contributed by atoms with van der Waals surface area (Å²) in [5.41, 5.74) is 1.23. The van der Waals surface area contributed by atoms with Crippen LogP contribution in [-0.4, -0.2) is 42.5 Å². The Kier molecular flexibility index (Phi) is 5.92. The van der Waals surface area contributed by atoms with Crippen LogP contribution in [-0.2, 0) is 9.59 Å². The van der Waals surface area contributed by atoms with Crippen LogP contribution in [0.3, 0.4) is 0 Å². The first kappa shape index (κ1) is 20.5. The van der Waals surface area contributed by atoms with Gasteiger partial charge in [0.2, 0.25) is 0 Å². The number of rotatable bonds is 6. The quantitative estimate of drug-likeness (QED) is 0.458. The zero-order chi connectivity index (χ0) is 21.1. The van der Waals surface area contributed by atoms with Gasteiger partial charge in [0.05, 0.1) is 25.8 Å². The molecule has 6 heteroatoms. The van der Waals surface area contributed by atoms with Gasteiger partial charge in [-0.15, -0.1) is 0 Å². The van der Waals surface area contributed by atoms with Crippen LogP contribution >= 0.6 is 0 Å². The number of benzene rings is 2. The van der Waals surface area contributed by atoms with Crippen molar-refractivity contribution < 1.29 is 24.2 Å². The first-order chi connectivity index (χ1) is 13.9. The van der Waals surface area contributed by atoms with Gasteiger partial charge in [0.15, 0.2) is 11.5 Å². The number of hydrogen-bond donors (Lipinski definition) is 1. The molecular weight excluding hydrogens is 370 g/mol. The standard InChI is InChI=1S/C23H25NO5/c1-14(2)13-24-20(16-10-11-17(28-3)18(12-16)29-4)19(22(26)23(24)27)21(25)15-8-6-5-7-9-15/h5-12,14,20,25H,13H2,1-4H3/t20-/m1/s1. The van der Waals surface area contributed by atoms with Crippen LogP contribution in [0.15, 0.2) is 54.1 Å². The smallest absolute Gasteiger partial charge is 0.295 e. The summed E-state index contributed by atoms with van der Waals surface area (Å²) in [6.07, 6.45) is 0. The minimum Gasteiger partial charge on any atom is -0.507 e. The number of aliphatic hydroxyl groups excluding tert-OH is 1. The summed E-state index contributed by atoms with van der Waals surface area (Å²) >= 11 is 0. The van der Waals surface area contributed by atoms with Crippen molar-refractivity contribution in [2.45, 2.75) is 19.9 Å². The van der Waals surface area contributed by atoms with Crippen LogP contribution in [0, 0.1) is 5.92 Å². The summed E-state index contributed by atoms with van der Waals surface area (Å²) in [5.74, 6) is -0.315. The Bertz CT molecular complexity index is 949. The summed E-state index contributed by atoms with van der Waals surface area (Å²) in [6.45, 7) is 4.33. The number of ketones is 1. The molecule has 0 aliphatic carbocycles. The van der Waals surface area contributed by atoms with Gasteiger partial charge in [-0.2, -0.15) is 0 Å². The minimum absolute atomic E-state index is 0.0778. The molecule has 0 bridgehead atoms. The van der Waals surface area contributed by atoms with Crippen LogP contribution in [0.4, 0.5) is 0 Å². The van der Waals surface area contributed by atoms with Crippen molar-refractivity contribution in [2.24, 2.45) is 5.92 Å². The number of methoxy groups -OCH3 is 2. The second kappa shape index (κ2) is 8.39. The fourth-order valence-corrected chi connectivity index (χ4v) is 3.58. The van der Waals surface area contributed by atoms with E-state index in [0.29, 0.717) is 29.2 Å². The fourth-order valence-electron chi connectivity index (χ4n) is 3.58. The highest BCUT2D eigenvalue weighted by Gasteiger charge is 2.46. The lowest BCUT2D eigenvalue weighted by Gasteiger charge is -2.27. The van der Waals surface area contributed by atoms with Crippen molar-refractivity contribution in [1.29, 1.82) is 0 Å². The highest BCUT2D eigenvalue weighted by atomic mass is 16.5. The van der Waals surface area contributed by atoms with E-state index in [-0.39, 0.29) is 17.3 Å². The van der Waals surface area contributed by atoms with Crippen LogP contribution in [0.5, 0.6) is 11.5 Å². The number of amides is 1. The molecule has 1 amide bonds. The lowest BCUT2D eigenvalue weighted by atomic mass is 9.94. The molecule has 2 aromatic rings. The SMILES string of the molecule is COc1ccc([C@@H]2C(=C(O)c3ccccc3)C(=O)C(=O)N2CC(C)C)cc1OC. The second-order valence-corrected chi connectivity index (χ2v) is 7.33. The number of carbonyl (C=O) groups excluding carboxylic acids is 2.